The largest absolute Gasteiger partial charge is 0.740 e. The molecule has 1 heterocycles. The van der Waals surface area contributed by atoms with Crippen molar-refractivity contribution in [3.8, 4) is 5.75 Å². The third kappa shape index (κ3) is 3.26. The van der Waals surface area contributed by atoms with E-state index in [2.05, 4.69) is 24.6 Å². The minimum absolute atomic E-state index is 0.142. The molecule has 9 nitrogen and oxygen atoms in total. The molecule has 0 saturated heterocycles. The van der Waals surface area contributed by atoms with Gasteiger partial charge in [0.15, 0.2) is 11.5 Å². The molecule has 0 amide bonds. The lowest BCUT2D eigenvalue weighted by molar-refractivity contribution is 0.440. The molecule has 2 rings (SSSR count). The van der Waals surface area contributed by atoms with Crippen LogP contribution in [-0.2, 0) is 11.4 Å². The molecule has 0 fully saturated rings. The molecule has 0 aliphatic carbocycles. The minimum atomic E-state index is -2.61. The van der Waals surface area contributed by atoms with Gasteiger partial charge in [-0.2, -0.15) is 10.2 Å². The van der Waals surface area contributed by atoms with Crippen LogP contribution in [-0.4, -0.2) is 19.0 Å². The zero-order chi connectivity index (χ0) is 13.8. The molecule has 0 radical (unpaired) electrons. The SMILES string of the molecule is Nc1n[nH]c(N)c1N=Nc1ccc(OS(=O)[O-])cc1. The standard InChI is InChI=1S/C9H10N6O3S/c10-8-7(9(11)15-14-8)13-12-5-1-3-6(4-2-5)18-19(16)17/h1-4H,(H,16,17)(H5,10,11,14,15)/p-1. The van der Waals surface area contributed by atoms with Crippen molar-refractivity contribution < 1.29 is 12.9 Å². The van der Waals surface area contributed by atoms with E-state index in [4.69, 9.17) is 11.5 Å². The average molecular weight is 281 g/mol. The number of benzene rings is 1. The second kappa shape index (κ2) is 5.46. The summed E-state index contributed by atoms with van der Waals surface area (Å²) in [6.45, 7) is 0. The summed E-state index contributed by atoms with van der Waals surface area (Å²) in [6.07, 6.45) is 0. The fourth-order valence-electron chi connectivity index (χ4n) is 1.22. The molecule has 0 bridgehead atoms. The van der Waals surface area contributed by atoms with Gasteiger partial charge in [0.05, 0.1) is 5.69 Å². The number of nitrogens with zero attached hydrogens (tertiary/aromatic N) is 3. The number of rotatable bonds is 4. The second-order valence-electron chi connectivity index (χ2n) is 3.35. The van der Waals surface area contributed by atoms with E-state index in [-0.39, 0.29) is 23.1 Å². The van der Waals surface area contributed by atoms with E-state index in [1.807, 2.05) is 0 Å². The van der Waals surface area contributed by atoms with Crippen LogP contribution in [0, 0.1) is 0 Å². The quantitative estimate of drug-likeness (QED) is 0.564. The molecule has 0 spiro atoms. The van der Waals surface area contributed by atoms with Gasteiger partial charge in [-0.15, -0.1) is 5.11 Å². The predicted molar refractivity (Wildman–Crippen MR) is 67.6 cm³/mol. The molecule has 0 aliphatic rings. The fourth-order valence-corrected chi connectivity index (χ4v) is 1.49. The highest BCUT2D eigenvalue weighted by Gasteiger charge is 2.06. The number of anilines is 2. The molecule has 0 saturated carbocycles. The Morgan fingerprint density at radius 1 is 1.26 bits per heavy atom. The van der Waals surface area contributed by atoms with Crippen molar-refractivity contribution in [1.29, 1.82) is 0 Å². The van der Waals surface area contributed by atoms with Crippen LogP contribution < -0.4 is 15.7 Å². The Hall–Kier alpha value is -2.46. The third-order valence-electron chi connectivity index (χ3n) is 2.06. The summed E-state index contributed by atoms with van der Waals surface area (Å²) in [5.74, 6) is 0.528. The molecule has 10 heteroatoms. The van der Waals surface area contributed by atoms with Gasteiger partial charge in [0, 0.05) is 0 Å². The minimum Gasteiger partial charge on any atom is -0.740 e. The highest BCUT2D eigenvalue weighted by molar-refractivity contribution is 7.74. The number of nitrogen functional groups attached to an aromatic ring is 2. The van der Waals surface area contributed by atoms with Crippen LogP contribution in [0.3, 0.4) is 0 Å². The molecule has 1 atom stereocenters. The Bertz CT molecular complexity index is 604. The summed E-state index contributed by atoms with van der Waals surface area (Å²) in [4.78, 5) is 0. The van der Waals surface area contributed by atoms with E-state index < -0.39 is 11.4 Å². The van der Waals surface area contributed by atoms with Crippen LogP contribution in [0.4, 0.5) is 23.0 Å². The van der Waals surface area contributed by atoms with Crippen LogP contribution in [0.1, 0.15) is 0 Å². The van der Waals surface area contributed by atoms with Crippen LogP contribution in [0.15, 0.2) is 34.5 Å². The smallest absolute Gasteiger partial charge is 0.175 e. The van der Waals surface area contributed by atoms with E-state index in [1.165, 1.54) is 24.3 Å². The Kier molecular flexibility index (Phi) is 3.73. The lowest BCUT2D eigenvalue weighted by Gasteiger charge is -2.06. The van der Waals surface area contributed by atoms with Gasteiger partial charge in [-0.25, -0.2) is 4.21 Å². The van der Waals surface area contributed by atoms with Crippen molar-refractivity contribution in [1.82, 2.24) is 10.2 Å². The number of hydrogen-bond donors (Lipinski definition) is 3. The van der Waals surface area contributed by atoms with Crippen molar-refractivity contribution in [2.45, 2.75) is 0 Å². The summed E-state index contributed by atoms with van der Waals surface area (Å²) in [5, 5.41) is 13.9. The molecule has 0 aliphatic heterocycles. The maximum absolute atomic E-state index is 10.3. The maximum atomic E-state index is 10.3. The predicted octanol–water partition coefficient (Wildman–Crippen LogP) is 1.16. The summed E-state index contributed by atoms with van der Waals surface area (Å²) < 4.78 is 25.1. The van der Waals surface area contributed by atoms with Crippen molar-refractivity contribution in [3.05, 3.63) is 24.3 Å². The number of nitrogens with one attached hydrogen (secondary N) is 1. The molecular formula is C9H9N6O3S-. The number of hydrogen-bond acceptors (Lipinski definition) is 8. The van der Waals surface area contributed by atoms with Gasteiger partial charge in [-0.1, -0.05) is 0 Å². The Morgan fingerprint density at radius 3 is 2.47 bits per heavy atom. The van der Waals surface area contributed by atoms with Gasteiger partial charge >= 0.3 is 0 Å². The second-order valence-corrected chi connectivity index (χ2v) is 3.93. The Labute approximate surface area is 110 Å². The van der Waals surface area contributed by atoms with Gasteiger partial charge < -0.3 is 20.2 Å². The van der Waals surface area contributed by atoms with E-state index in [9.17, 15) is 8.76 Å². The molecular weight excluding hydrogens is 272 g/mol. The molecule has 100 valence electrons. The van der Waals surface area contributed by atoms with Gasteiger partial charge in [0.2, 0.25) is 0 Å². The Balaban J connectivity index is 2.13. The van der Waals surface area contributed by atoms with Gasteiger partial charge in [-0.3, -0.25) is 5.10 Å². The lowest BCUT2D eigenvalue weighted by atomic mass is 10.3. The summed E-state index contributed by atoms with van der Waals surface area (Å²) in [7, 11) is 0. The zero-order valence-electron chi connectivity index (χ0n) is 9.44. The fraction of sp³-hybridized carbons (Fsp3) is 0. The molecule has 1 aromatic heterocycles. The van der Waals surface area contributed by atoms with Crippen LogP contribution in [0.2, 0.25) is 0 Å². The number of aromatic amines is 1. The van der Waals surface area contributed by atoms with Crippen molar-refractivity contribution in [3.63, 3.8) is 0 Å². The first-order valence-electron chi connectivity index (χ1n) is 4.95. The highest BCUT2D eigenvalue weighted by Crippen LogP contribution is 2.28. The monoisotopic (exact) mass is 281 g/mol. The van der Waals surface area contributed by atoms with Crippen LogP contribution in [0.25, 0.3) is 0 Å². The van der Waals surface area contributed by atoms with Crippen LogP contribution >= 0.6 is 0 Å². The molecule has 2 aromatic rings. The third-order valence-corrected chi connectivity index (χ3v) is 2.39. The molecule has 1 unspecified atom stereocenters. The summed E-state index contributed by atoms with van der Waals surface area (Å²) >= 11 is -2.61. The number of azo groups is 1. The highest BCUT2D eigenvalue weighted by atomic mass is 32.2. The van der Waals surface area contributed by atoms with E-state index in [1.54, 1.807) is 0 Å². The van der Waals surface area contributed by atoms with Crippen molar-refractivity contribution in [2.75, 3.05) is 11.5 Å². The first-order valence-corrected chi connectivity index (χ1v) is 5.95. The van der Waals surface area contributed by atoms with E-state index in [0.29, 0.717) is 5.69 Å². The number of H-pyrrole nitrogens is 1. The van der Waals surface area contributed by atoms with Gasteiger partial charge in [0.25, 0.3) is 0 Å². The maximum Gasteiger partial charge on any atom is 0.175 e. The average Bonchev–Trinajstić information content (AvgIpc) is 2.68. The van der Waals surface area contributed by atoms with E-state index in [0.717, 1.165) is 0 Å². The lowest BCUT2D eigenvalue weighted by Crippen LogP contribution is -1.96. The zero-order valence-corrected chi connectivity index (χ0v) is 10.3. The van der Waals surface area contributed by atoms with E-state index >= 15 is 0 Å². The normalized spacial score (nSPS) is 12.7. The van der Waals surface area contributed by atoms with Crippen molar-refractivity contribution >= 4 is 34.4 Å². The van der Waals surface area contributed by atoms with Gasteiger partial charge in [-0.05, 0) is 24.3 Å². The number of aromatic nitrogens is 2. The Morgan fingerprint density at radius 2 is 1.95 bits per heavy atom. The molecule has 1 aromatic carbocycles. The number of nitrogens with two attached hydrogens (primary N) is 2. The topological polar surface area (TPSA) is 155 Å². The first-order chi connectivity index (χ1) is 9.06. The first kappa shape index (κ1) is 13.0. The van der Waals surface area contributed by atoms with Gasteiger partial charge in [0.1, 0.15) is 22.9 Å². The molecule has 19 heavy (non-hydrogen) atoms. The molecule has 5 N–H and O–H groups in total. The summed E-state index contributed by atoms with van der Waals surface area (Å²) in [6, 6.07) is 5.93. The van der Waals surface area contributed by atoms with Crippen molar-refractivity contribution in [2.24, 2.45) is 10.2 Å². The van der Waals surface area contributed by atoms with Crippen LogP contribution in [0.5, 0.6) is 5.75 Å². The summed E-state index contributed by atoms with van der Waals surface area (Å²) in [5.41, 5.74) is 11.8.